The van der Waals surface area contributed by atoms with E-state index in [2.05, 4.69) is 15.6 Å². The molecule has 2 unspecified atom stereocenters. The number of carboxylic acids is 1. The van der Waals surface area contributed by atoms with E-state index in [0.29, 0.717) is 41.2 Å². The normalized spacial score (nSPS) is 18.4. The van der Waals surface area contributed by atoms with E-state index in [0.717, 1.165) is 10.6 Å². The van der Waals surface area contributed by atoms with Crippen LogP contribution in [-0.2, 0) is 17.6 Å². The zero-order valence-electron chi connectivity index (χ0n) is 19.4. The Morgan fingerprint density at radius 2 is 1.89 bits per heavy atom. The van der Waals surface area contributed by atoms with E-state index in [4.69, 9.17) is 4.74 Å². The van der Waals surface area contributed by atoms with Crippen molar-refractivity contribution in [3.05, 3.63) is 75.8 Å². The van der Waals surface area contributed by atoms with Gasteiger partial charge in [-0.15, -0.1) is 11.3 Å². The Hall–Kier alpha value is -3.80. The van der Waals surface area contributed by atoms with Crippen LogP contribution in [-0.4, -0.2) is 56.6 Å². The molecule has 0 bridgehead atoms. The van der Waals surface area contributed by atoms with Gasteiger partial charge >= 0.3 is 12.0 Å². The summed E-state index contributed by atoms with van der Waals surface area (Å²) in [7, 11) is 0. The van der Waals surface area contributed by atoms with Gasteiger partial charge in [-0.2, -0.15) is 0 Å². The van der Waals surface area contributed by atoms with E-state index in [-0.39, 0.29) is 30.0 Å². The average molecular weight is 509 g/mol. The first-order valence-corrected chi connectivity index (χ1v) is 12.3. The fourth-order valence-electron chi connectivity index (χ4n) is 4.55. The van der Waals surface area contributed by atoms with Crippen LogP contribution in [0.25, 0.3) is 0 Å². The zero-order chi connectivity index (χ0) is 25.4. The van der Waals surface area contributed by atoms with Gasteiger partial charge < -0.3 is 20.3 Å². The van der Waals surface area contributed by atoms with Crippen molar-refractivity contribution in [3.63, 3.8) is 0 Å². The summed E-state index contributed by atoms with van der Waals surface area (Å²) in [5.41, 5.74) is 2.09. The number of anilines is 2. The van der Waals surface area contributed by atoms with Crippen LogP contribution < -0.4 is 10.6 Å². The molecule has 0 fully saturated rings. The van der Waals surface area contributed by atoms with Gasteiger partial charge in [-0.25, -0.2) is 9.78 Å². The second kappa shape index (κ2) is 9.34. The summed E-state index contributed by atoms with van der Waals surface area (Å²) in [6, 6.07) is 10.5. The Kier molecular flexibility index (Phi) is 6.20. The van der Waals surface area contributed by atoms with Gasteiger partial charge in [-0.05, 0) is 50.1 Å². The number of hydrogen-bond donors (Lipinski definition) is 4. The molecule has 0 spiro atoms. The zero-order valence-corrected chi connectivity index (χ0v) is 20.2. The number of nitrogens with zero attached hydrogens (tertiary/aromatic N) is 2. The van der Waals surface area contributed by atoms with Crippen molar-refractivity contribution >= 4 is 39.9 Å². The molecular formula is C25H24N4O6S. The van der Waals surface area contributed by atoms with Gasteiger partial charge in [0.2, 0.25) is 0 Å². The molecule has 0 saturated carbocycles. The summed E-state index contributed by atoms with van der Waals surface area (Å²) in [5.74, 6) is -1.64. The Labute approximate surface area is 210 Å². The number of imide groups is 1. The Morgan fingerprint density at radius 1 is 1.17 bits per heavy atom. The van der Waals surface area contributed by atoms with Crippen molar-refractivity contribution in [2.75, 3.05) is 17.2 Å². The number of aromatic nitrogens is 1. The molecule has 2 aliphatic rings. The van der Waals surface area contributed by atoms with E-state index < -0.39 is 12.0 Å². The molecule has 5 rings (SSSR count). The van der Waals surface area contributed by atoms with Crippen molar-refractivity contribution in [2.24, 2.45) is 0 Å². The molecule has 11 heteroatoms. The lowest BCUT2D eigenvalue weighted by atomic mass is 9.96. The van der Waals surface area contributed by atoms with Gasteiger partial charge in [0.25, 0.3) is 11.8 Å². The van der Waals surface area contributed by atoms with Crippen molar-refractivity contribution in [3.8, 4) is 0 Å². The number of aryl methyl sites for hydroxylation is 1. The molecule has 0 saturated heterocycles. The van der Waals surface area contributed by atoms with Crippen LogP contribution in [0.15, 0.2) is 48.5 Å². The fourth-order valence-corrected chi connectivity index (χ4v) is 5.67. The highest BCUT2D eigenvalue weighted by atomic mass is 32.1. The van der Waals surface area contributed by atoms with E-state index in [1.54, 1.807) is 43.3 Å². The second-order valence-corrected chi connectivity index (χ2v) is 9.61. The standard InChI is InChI=1S/C25H24N4O6S/c1-2-35-25(34,27-15-7-5-6-14(12-15)23(32)33)28-24-26-19-11-10-16(13-20(19)36-24)29-21(30)17-8-3-4-9-18(17)22(29)31/h3-9,12,16,27,34H,2,10-11,13H2,1H3,(H,26,28)(H,32,33). The average Bonchev–Trinajstić information content (AvgIpc) is 3.36. The molecule has 2 heterocycles. The van der Waals surface area contributed by atoms with Gasteiger partial charge in [0.1, 0.15) is 0 Å². The van der Waals surface area contributed by atoms with Crippen LogP contribution in [0.5, 0.6) is 0 Å². The number of carboxylic acid groups (broad SMARTS) is 1. The number of ether oxygens (including phenoxy) is 1. The number of fused-ring (bicyclic) bond motifs is 2. The van der Waals surface area contributed by atoms with Gasteiger partial charge in [0.05, 0.1) is 29.0 Å². The number of rotatable bonds is 8. The van der Waals surface area contributed by atoms with E-state index in [9.17, 15) is 24.6 Å². The van der Waals surface area contributed by atoms with Gasteiger partial charge in [0, 0.05) is 23.0 Å². The predicted octanol–water partition coefficient (Wildman–Crippen LogP) is 3.16. The molecule has 2 amide bonds. The highest BCUT2D eigenvalue weighted by Gasteiger charge is 2.41. The molecule has 0 radical (unpaired) electrons. The Bertz CT molecular complexity index is 1320. The molecular weight excluding hydrogens is 484 g/mol. The maximum atomic E-state index is 12.9. The summed E-state index contributed by atoms with van der Waals surface area (Å²) in [5, 5.41) is 26.3. The molecule has 1 aliphatic heterocycles. The summed E-state index contributed by atoms with van der Waals surface area (Å²) in [4.78, 5) is 44.0. The lowest BCUT2D eigenvalue weighted by molar-refractivity contribution is -0.156. The third-order valence-corrected chi connectivity index (χ3v) is 7.19. The monoisotopic (exact) mass is 508 g/mol. The number of aromatic carboxylic acids is 1. The van der Waals surface area contributed by atoms with Gasteiger partial charge in [-0.3, -0.25) is 19.8 Å². The van der Waals surface area contributed by atoms with E-state index in [1.807, 2.05) is 0 Å². The number of hydrogen-bond acceptors (Lipinski definition) is 9. The lowest BCUT2D eigenvalue weighted by Crippen LogP contribution is -2.48. The molecule has 2 atom stereocenters. The van der Waals surface area contributed by atoms with Crippen LogP contribution in [0.2, 0.25) is 0 Å². The quantitative estimate of drug-likeness (QED) is 0.267. The number of amides is 2. The van der Waals surface area contributed by atoms with E-state index in [1.165, 1.54) is 28.4 Å². The van der Waals surface area contributed by atoms with Crippen LogP contribution in [0.1, 0.15) is 55.0 Å². The topological polar surface area (TPSA) is 141 Å². The predicted molar refractivity (Wildman–Crippen MR) is 132 cm³/mol. The number of aliphatic hydroxyl groups is 1. The molecule has 1 aromatic heterocycles. The number of carbonyl (C=O) groups is 3. The van der Waals surface area contributed by atoms with Crippen LogP contribution in [0, 0.1) is 0 Å². The minimum absolute atomic E-state index is 0.0581. The van der Waals surface area contributed by atoms with Crippen LogP contribution in [0.4, 0.5) is 10.8 Å². The summed E-state index contributed by atoms with van der Waals surface area (Å²) in [6.45, 7) is 1.86. The molecule has 1 aliphatic carbocycles. The van der Waals surface area contributed by atoms with Crippen molar-refractivity contribution in [2.45, 2.75) is 38.3 Å². The van der Waals surface area contributed by atoms with Crippen LogP contribution in [0.3, 0.4) is 0 Å². The van der Waals surface area contributed by atoms with Crippen molar-refractivity contribution < 1.29 is 29.3 Å². The molecule has 36 heavy (non-hydrogen) atoms. The molecule has 2 aromatic carbocycles. The first kappa shape index (κ1) is 23.9. The summed E-state index contributed by atoms with van der Waals surface area (Å²) >= 11 is 1.31. The largest absolute Gasteiger partial charge is 0.478 e. The second-order valence-electron chi connectivity index (χ2n) is 8.52. The highest BCUT2D eigenvalue weighted by molar-refractivity contribution is 7.15. The van der Waals surface area contributed by atoms with Crippen molar-refractivity contribution in [1.29, 1.82) is 0 Å². The van der Waals surface area contributed by atoms with Gasteiger partial charge in [-0.1, -0.05) is 18.2 Å². The molecule has 3 aromatic rings. The third-order valence-electron chi connectivity index (χ3n) is 6.16. The summed E-state index contributed by atoms with van der Waals surface area (Å²) < 4.78 is 5.49. The first-order valence-electron chi connectivity index (χ1n) is 11.5. The Morgan fingerprint density at radius 3 is 2.56 bits per heavy atom. The maximum absolute atomic E-state index is 12.9. The fraction of sp³-hybridized carbons (Fsp3) is 0.280. The minimum Gasteiger partial charge on any atom is -0.478 e. The third kappa shape index (κ3) is 4.43. The van der Waals surface area contributed by atoms with Crippen molar-refractivity contribution in [1.82, 2.24) is 9.88 Å². The highest BCUT2D eigenvalue weighted by Crippen LogP contribution is 2.35. The van der Waals surface area contributed by atoms with Crippen LogP contribution >= 0.6 is 11.3 Å². The number of nitrogens with one attached hydrogen (secondary N) is 2. The summed E-state index contributed by atoms with van der Waals surface area (Å²) in [6.07, 6.45) is 1.64. The minimum atomic E-state index is -2.05. The Balaban J connectivity index is 1.33. The number of thiazole rings is 1. The SMILES string of the molecule is CCOC(O)(Nc1cccc(C(=O)O)c1)Nc1nc2c(s1)CC(N1C(=O)c3ccccc3C1=O)CC2. The molecule has 186 valence electrons. The first-order chi connectivity index (χ1) is 17.3. The van der Waals surface area contributed by atoms with E-state index >= 15 is 0 Å². The maximum Gasteiger partial charge on any atom is 0.337 e. The molecule has 10 nitrogen and oxygen atoms in total. The van der Waals surface area contributed by atoms with Gasteiger partial charge in [0.15, 0.2) is 5.13 Å². The number of benzene rings is 2. The smallest absolute Gasteiger partial charge is 0.337 e. The number of carbonyl (C=O) groups excluding carboxylic acids is 2. The molecule has 4 N–H and O–H groups in total. The lowest BCUT2D eigenvalue weighted by Gasteiger charge is -2.29.